The van der Waals surface area contributed by atoms with Gasteiger partial charge < -0.3 is 10.2 Å². The number of halogens is 1. The highest BCUT2D eigenvalue weighted by molar-refractivity contribution is 7.80. The van der Waals surface area contributed by atoms with Crippen molar-refractivity contribution in [3.63, 3.8) is 0 Å². The summed E-state index contributed by atoms with van der Waals surface area (Å²) in [6, 6.07) is 15.0. The molecule has 0 saturated carbocycles. The fourth-order valence-electron chi connectivity index (χ4n) is 3.18. The van der Waals surface area contributed by atoms with Gasteiger partial charge in [-0.2, -0.15) is 0 Å². The molecule has 1 saturated heterocycles. The fraction of sp³-hybridized carbons (Fsp3) is 0.263. The number of thiazole rings is 1. The molecule has 3 nitrogen and oxygen atoms in total. The summed E-state index contributed by atoms with van der Waals surface area (Å²) in [6.45, 7) is 1.54. The second kappa shape index (κ2) is 7.06. The van der Waals surface area contributed by atoms with E-state index >= 15 is 0 Å². The molecule has 0 bridgehead atoms. The Bertz CT molecular complexity index is 858. The predicted octanol–water partition coefficient (Wildman–Crippen LogP) is 4.65. The number of rotatable bonds is 3. The van der Waals surface area contributed by atoms with Gasteiger partial charge in [-0.25, -0.2) is 9.37 Å². The maximum Gasteiger partial charge on any atom is 0.169 e. The normalized spacial score (nSPS) is 17.2. The molecule has 25 heavy (non-hydrogen) atoms. The number of fused-ring (bicyclic) bond motifs is 1. The highest BCUT2D eigenvalue weighted by Gasteiger charge is 2.30. The van der Waals surface area contributed by atoms with Crippen LogP contribution < -0.4 is 5.32 Å². The Morgan fingerprint density at radius 2 is 2.04 bits per heavy atom. The SMILES string of the molecule is Fc1ccc(CNC(=S)N2CCC[C@H]2c2nc3ccccc3s2)cc1. The third kappa shape index (κ3) is 3.50. The van der Waals surface area contributed by atoms with Crippen molar-refractivity contribution in [1.29, 1.82) is 0 Å². The quantitative estimate of drug-likeness (QED) is 0.679. The monoisotopic (exact) mass is 371 g/mol. The zero-order chi connectivity index (χ0) is 17.2. The van der Waals surface area contributed by atoms with Gasteiger partial charge in [-0.1, -0.05) is 24.3 Å². The summed E-state index contributed by atoms with van der Waals surface area (Å²) < 4.78 is 14.2. The Balaban J connectivity index is 1.46. The maximum absolute atomic E-state index is 13.0. The van der Waals surface area contributed by atoms with Crippen molar-refractivity contribution in [2.45, 2.75) is 25.4 Å². The Kier molecular flexibility index (Phi) is 4.63. The molecule has 3 aromatic rings. The van der Waals surface area contributed by atoms with Crippen LogP contribution in [0.15, 0.2) is 48.5 Å². The summed E-state index contributed by atoms with van der Waals surface area (Å²) in [5.74, 6) is -0.221. The topological polar surface area (TPSA) is 28.2 Å². The Hall–Kier alpha value is -2.05. The summed E-state index contributed by atoms with van der Waals surface area (Å²) in [6.07, 6.45) is 2.18. The van der Waals surface area contributed by atoms with Crippen molar-refractivity contribution in [2.75, 3.05) is 6.54 Å². The van der Waals surface area contributed by atoms with E-state index in [-0.39, 0.29) is 11.9 Å². The number of benzene rings is 2. The number of nitrogens with zero attached hydrogens (tertiary/aromatic N) is 2. The Morgan fingerprint density at radius 1 is 1.24 bits per heavy atom. The molecule has 6 heteroatoms. The molecule has 0 aliphatic carbocycles. The first-order valence-electron chi connectivity index (χ1n) is 8.35. The van der Waals surface area contributed by atoms with Crippen molar-refractivity contribution in [3.05, 3.63) is 64.9 Å². The largest absolute Gasteiger partial charge is 0.358 e. The van der Waals surface area contributed by atoms with Crippen LogP contribution in [0.2, 0.25) is 0 Å². The van der Waals surface area contributed by atoms with Crippen LogP contribution in [0.25, 0.3) is 10.2 Å². The van der Waals surface area contributed by atoms with Gasteiger partial charge >= 0.3 is 0 Å². The van der Waals surface area contributed by atoms with Crippen molar-refractivity contribution >= 4 is 38.9 Å². The minimum atomic E-state index is -0.221. The van der Waals surface area contributed by atoms with E-state index in [1.165, 1.54) is 16.8 Å². The summed E-state index contributed by atoms with van der Waals surface area (Å²) in [5, 5.41) is 5.18. The average molecular weight is 372 g/mol. The molecule has 2 heterocycles. The molecule has 4 rings (SSSR count). The molecular formula is C19H18FN3S2. The minimum absolute atomic E-state index is 0.221. The van der Waals surface area contributed by atoms with Crippen LogP contribution in [0, 0.1) is 5.82 Å². The lowest BCUT2D eigenvalue weighted by Crippen LogP contribution is -2.38. The zero-order valence-electron chi connectivity index (χ0n) is 13.6. The first kappa shape index (κ1) is 16.4. The first-order valence-corrected chi connectivity index (χ1v) is 9.57. The smallest absolute Gasteiger partial charge is 0.169 e. The lowest BCUT2D eigenvalue weighted by atomic mass is 10.2. The van der Waals surface area contributed by atoms with Crippen LogP contribution in [-0.2, 0) is 6.54 Å². The fourth-order valence-corrected chi connectivity index (χ4v) is 4.59. The number of hydrogen-bond acceptors (Lipinski definition) is 3. The van der Waals surface area contributed by atoms with Gasteiger partial charge in [-0.15, -0.1) is 11.3 Å². The molecule has 1 atom stereocenters. The van der Waals surface area contributed by atoms with Gasteiger partial charge in [-0.3, -0.25) is 0 Å². The van der Waals surface area contributed by atoms with Crippen molar-refractivity contribution in [3.8, 4) is 0 Å². The number of likely N-dealkylation sites (tertiary alicyclic amines) is 1. The van der Waals surface area contributed by atoms with Gasteiger partial charge in [0.2, 0.25) is 0 Å². The first-order chi connectivity index (χ1) is 12.2. The van der Waals surface area contributed by atoms with Gasteiger partial charge in [-0.05, 0) is 54.9 Å². The minimum Gasteiger partial charge on any atom is -0.358 e. The van der Waals surface area contributed by atoms with Crippen LogP contribution in [0.3, 0.4) is 0 Å². The van der Waals surface area contributed by atoms with Crippen LogP contribution in [-0.4, -0.2) is 21.5 Å². The molecule has 1 aliphatic rings. The molecule has 0 radical (unpaired) electrons. The third-order valence-corrected chi connectivity index (χ3v) is 5.98. The standard InChI is InChI=1S/C19H18FN3S2/c20-14-9-7-13(8-10-14)12-21-19(24)23-11-3-5-16(23)18-22-15-4-1-2-6-17(15)25-18/h1-2,4,6-10,16H,3,5,11-12H2,(H,21,24)/t16-/m0/s1. The maximum atomic E-state index is 13.0. The van der Waals surface area contributed by atoms with Crippen LogP contribution in [0.5, 0.6) is 0 Å². The van der Waals surface area contributed by atoms with E-state index in [0.717, 1.165) is 40.6 Å². The molecule has 1 aromatic heterocycles. The van der Waals surface area contributed by atoms with E-state index in [1.54, 1.807) is 23.5 Å². The number of hydrogen-bond donors (Lipinski definition) is 1. The molecule has 0 amide bonds. The molecule has 1 N–H and O–H groups in total. The van der Waals surface area contributed by atoms with E-state index in [9.17, 15) is 4.39 Å². The molecule has 2 aromatic carbocycles. The predicted molar refractivity (Wildman–Crippen MR) is 104 cm³/mol. The van der Waals surface area contributed by atoms with E-state index in [4.69, 9.17) is 17.2 Å². The van der Waals surface area contributed by atoms with E-state index < -0.39 is 0 Å². The average Bonchev–Trinajstić information content (AvgIpc) is 3.27. The van der Waals surface area contributed by atoms with Crippen LogP contribution in [0.1, 0.15) is 29.5 Å². The van der Waals surface area contributed by atoms with Crippen molar-refractivity contribution in [2.24, 2.45) is 0 Å². The molecule has 1 fully saturated rings. The van der Waals surface area contributed by atoms with Crippen LogP contribution in [0.4, 0.5) is 4.39 Å². The van der Waals surface area contributed by atoms with E-state index in [2.05, 4.69) is 22.3 Å². The summed E-state index contributed by atoms with van der Waals surface area (Å²) in [7, 11) is 0. The molecular weight excluding hydrogens is 353 g/mol. The number of para-hydroxylation sites is 1. The van der Waals surface area contributed by atoms with Gasteiger partial charge in [0, 0.05) is 13.1 Å². The highest BCUT2D eigenvalue weighted by atomic mass is 32.1. The third-order valence-electron chi connectivity index (χ3n) is 4.47. The molecule has 0 unspecified atom stereocenters. The van der Waals surface area contributed by atoms with E-state index in [0.29, 0.717) is 6.54 Å². The zero-order valence-corrected chi connectivity index (χ0v) is 15.2. The highest BCUT2D eigenvalue weighted by Crippen LogP contribution is 2.36. The summed E-state index contributed by atoms with van der Waals surface area (Å²) in [4.78, 5) is 7.04. The van der Waals surface area contributed by atoms with Crippen molar-refractivity contribution < 1.29 is 4.39 Å². The second-order valence-corrected chi connectivity index (χ2v) is 7.61. The van der Waals surface area contributed by atoms with Gasteiger partial charge in [0.15, 0.2) is 5.11 Å². The number of aromatic nitrogens is 1. The van der Waals surface area contributed by atoms with Crippen molar-refractivity contribution in [1.82, 2.24) is 15.2 Å². The lowest BCUT2D eigenvalue weighted by molar-refractivity contribution is 0.392. The molecule has 1 aliphatic heterocycles. The van der Waals surface area contributed by atoms with Gasteiger partial charge in [0.1, 0.15) is 10.8 Å². The van der Waals surface area contributed by atoms with Crippen LogP contribution >= 0.6 is 23.6 Å². The Morgan fingerprint density at radius 3 is 2.84 bits per heavy atom. The summed E-state index contributed by atoms with van der Waals surface area (Å²) in [5.41, 5.74) is 2.07. The molecule has 0 spiro atoms. The number of thiocarbonyl (C=S) groups is 1. The summed E-state index contributed by atoms with van der Waals surface area (Å²) >= 11 is 7.36. The number of nitrogens with one attached hydrogen (secondary N) is 1. The van der Waals surface area contributed by atoms with E-state index in [1.807, 2.05) is 12.1 Å². The lowest BCUT2D eigenvalue weighted by Gasteiger charge is -2.26. The molecule has 128 valence electrons. The second-order valence-electron chi connectivity index (χ2n) is 6.16. The van der Waals surface area contributed by atoms with Gasteiger partial charge in [0.05, 0.1) is 16.3 Å². The van der Waals surface area contributed by atoms with Gasteiger partial charge in [0.25, 0.3) is 0 Å². The Labute approximate surface area is 155 Å².